The molecule has 4 rings (SSSR count). The van der Waals surface area contributed by atoms with Crippen molar-refractivity contribution in [3.63, 3.8) is 0 Å². The molecule has 1 aromatic heterocycles. The molecule has 0 unspecified atom stereocenters. The zero-order chi connectivity index (χ0) is 26.7. The number of hydrogen-bond acceptors (Lipinski definition) is 7. The first-order valence-electron chi connectivity index (χ1n) is 11.4. The Hall–Kier alpha value is -4.22. The van der Waals surface area contributed by atoms with Crippen LogP contribution in [0.4, 0.5) is 17.1 Å². The minimum atomic E-state index is -3.49. The van der Waals surface area contributed by atoms with Crippen LogP contribution in [-0.4, -0.2) is 67.5 Å². The van der Waals surface area contributed by atoms with E-state index >= 15 is 0 Å². The van der Waals surface area contributed by atoms with Crippen LogP contribution in [0.25, 0.3) is 10.9 Å². The number of nitro benzene ring substituents is 1. The summed E-state index contributed by atoms with van der Waals surface area (Å²) in [4.78, 5) is 20.3. The van der Waals surface area contributed by atoms with Crippen LogP contribution in [0.2, 0.25) is 0 Å². The molecule has 4 aromatic rings. The fraction of sp³-hybridized carbons (Fsp3) is 0.192. The van der Waals surface area contributed by atoms with Crippen LogP contribution >= 0.6 is 0 Å². The Morgan fingerprint density at radius 1 is 1.00 bits per heavy atom. The number of non-ortho nitro benzene ring substituents is 1. The molecular weight excluding hydrogens is 494 g/mol. The normalized spacial score (nSPS) is 12.3. The molecule has 0 aliphatic carbocycles. The van der Waals surface area contributed by atoms with E-state index in [0.717, 1.165) is 5.39 Å². The zero-order valence-corrected chi connectivity index (χ0v) is 21.4. The molecule has 0 amide bonds. The third-order valence-electron chi connectivity index (χ3n) is 5.80. The third kappa shape index (κ3) is 5.79. The van der Waals surface area contributed by atoms with Crippen molar-refractivity contribution in [2.24, 2.45) is 4.99 Å². The van der Waals surface area contributed by atoms with Gasteiger partial charge in [0.2, 0.25) is 10.0 Å². The van der Waals surface area contributed by atoms with Crippen molar-refractivity contribution < 1.29 is 18.4 Å². The average Bonchev–Trinajstić information content (AvgIpc) is 3.18. The smallest absolute Gasteiger partial charge is 0.269 e. The predicted molar refractivity (Wildman–Crippen MR) is 146 cm³/mol. The quantitative estimate of drug-likeness (QED) is 0.192. The monoisotopic (exact) mass is 521 g/mol. The Morgan fingerprint density at radius 3 is 2.24 bits per heavy atom. The SMILES string of the molecule is CN(C)CCN(c1ccc(N=C(c2ccc([N+](=O)[O-])cc2)c2c(O)[nH]c3ccccc23)cc1)S(C)(=O)=O. The molecule has 0 saturated carbocycles. The second-order valence-electron chi connectivity index (χ2n) is 8.81. The molecule has 0 aliphatic rings. The predicted octanol–water partition coefficient (Wildman–Crippen LogP) is 4.28. The second-order valence-corrected chi connectivity index (χ2v) is 10.7. The number of likely N-dealkylation sites (N-methyl/N-ethyl adjacent to an activating group) is 1. The van der Waals surface area contributed by atoms with Gasteiger partial charge in [-0.2, -0.15) is 0 Å². The number of nitrogens with one attached hydrogen (secondary N) is 1. The number of aromatic amines is 1. The minimum Gasteiger partial charge on any atom is -0.494 e. The van der Waals surface area contributed by atoms with Gasteiger partial charge in [0.1, 0.15) is 0 Å². The van der Waals surface area contributed by atoms with Crippen LogP contribution in [0.5, 0.6) is 5.88 Å². The van der Waals surface area contributed by atoms with E-state index in [-0.39, 0.29) is 11.6 Å². The molecule has 0 radical (unpaired) electrons. The van der Waals surface area contributed by atoms with Crippen molar-refractivity contribution in [3.8, 4) is 5.88 Å². The molecule has 1 heterocycles. The van der Waals surface area contributed by atoms with Gasteiger partial charge in [-0.05, 0) is 56.6 Å². The van der Waals surface area contributed by atoms with E-state index < -0.39 is 14.9 Å². The molecule has 0 saturated heterocycles. The number of benzene rings is 3. The Kier molecular flexibility index (Phi) is 7.28. The van der Waals surface area contributed by atoms with Crippen LogP contribution < -0.4 is 4.31 Å². The number of aliphatic imine (C=N–C) groups is 1. The number of H-pyrrole nitrogens is 1. The molecule has 0 fully saturated rings. The molecule has 0 bridgehead atoms. The first kappa shape index (κ1) is 25.9. The fourth-order valence-electron chi connectivity index (χ4n) is 3.97. The number of nitrogens with zero attached hydrogens (tertiary/aromatic N) is 4. The van der Waals surface area contributed by atoms with E-state index in [2.05, 4.69) is 4.98 Å². The molecule has 3 aromatic carbocycles. The molecule has 10 nitrogen and oxygen atoms in total. The van der Waals surface area contributed by atoms with Crippen LogP contribution in [0.15, 0.2) is 77.8 Å². The fourth-order valence-corrected chi connectivity index (χ4v) is 4.89. The Labute approximate surface area is 214 Å². The van der Waals surface area contributed by atoms with Crippen LogP contribution in [-0.2, 0) is 10.0 Å². The van der Waals surface area contributed by atoms with Gasteiger partial charge in [-0.1, -0.05) is 18.2 Å². The number of anilines is 1. The van der Waals surface area contributed by atoms with Crippen molar-refractivity contribution in [2.45, 2.75) is 0 Å². The lowest BCUT2D eigenvalue weighted by atomic mass is 10.0. The number of rotatable bonds is 9. The van der Waals surface area contributed by atoms with E-state index in [1.807, 2.05) is 43.3 Å². The Balaban J connectivity index is 1.81. The van der Waals surface area contributed by atoms with Crippen LogP contribution in [0, 0.1) is 10.1 Å². The van der Waals surface area contributed by atoms with Crippen LogP contribution in [0.3, 0.4) is 0 Å². The Morgan fingerprint density at radius 2 is 1.65 bits per heavy atom. The van der Waals surface area contributed by atoms with E-state index in [0.29, 0.717) is 46.8 Å². The Bertz CT molecular complexity index is 1560. The van der Waals surface area contributed by atoms with Gasteiger partial charge in [-0.15, -0.1) is 0 Å². The molecular formula is C26H27N5O5S. The number of aromatic hydroxyl groups is 1. The summed E-state index contributed by atoms with van der Waals surface area (Å²) in [6.07, 6.45) is 1.17. The third-order valence-corrected chi connectivity index (χ3v) is 7.00. The van der Waals surface area contributed by atoms with Gasteiger partial charge in [0.15, 0.2) is 5.88 Å². The van der Waals surface area contributed by atoms with E-state index in [1.54, 1.807) is 36.4 Å². The summed E-state index contributed by atoms with van der Waals surface area (Å²) in [7, 11) is 0.256. The maximum absolute atomic E-state index is 12.4. The lowest BCUT2D eigenvalue weighted by Gasteiger charge is -2.24. The largest absolute Gasteiger partial charge is 0.494 e. The number of nitro groups is 1. The molecule has 192 valence electrons. The first-order valence-corrected chi connectivity index (χ1v) is 13.3. The summed E-state index contributed by atoms with van der Waals surface area (Å²) in [5.74, 6) is -0.0816. The summed E-state index contributed by atoms with van der Waals surface area (Å²) >= 11 is 0. The minimum absolute atomic E-state index is 0.0609. The maximum Gasteiger partial charge on any atom is 0.269 e. The highest BCUT2D eigenvalue weighted by Gasteiger charge is 2.20. The highest BCUT2D eigenvalue weighted by atomic mass is 32.2. The number of aromatic nitrogens is 1. The molecule has 37 heavy (non-hydrogen) atoms. The lowest BCUT2D eigenvalue weighted by Crippen LogP contribution is -2.35. The molecule has 11 heteroatoms. The van der Waals surface area contributed by atoms with Gasteiger partial charge in [-0.3, -0.25) is 14.4 Å². The van der Waals surface area contributed by atoms with Crippen molar-refractivity contribution in [2.75, 3.05) is 37.7 Å². The molecule has 0 atom stereocenters. The van der Waals surface area contributed by atoms with Gasteiger partial charge in [0.05, 0.1) is 33.8 Å². The van der Waals surface area contributed by atoms with Gasteiger partial charge in [0, 0.05) is 41.7 Å². The standard InChI is InChI=1S/C26H27N5O5S/c1-29(2)16-17-30(37(3,35)36)20-14-10-19(11-15-20)27-25(18-8-12-21(13-9-18)31(33)34)24-22-6-4-5-7-23(22)28-26(24)32/h4-15,28,32H,16-17H2,1-3H3. The van der Waals surface area contributed by atoms with E-state index in [9.17, 15) is 23.6 Å². The molecule has 2 N–H and O–H groups in total. The second kappa shape index (κ2) is 10.4. The maximum atomic E-state index is 12.4. The summed E-state index contributed by atoms with van der Waals surface area (Å²) in [5.41, 5.74) is 3.11. The van der Waals surface area contributed by atoms with Crippen molar-refractivity contribution in [3.05, 3.63) is 94.0 Å². The highest BCUT2D eigenvalue weighted by molar-refractivity contribution is 7.92. The van der Waals surface area contributed by atoms with Crippen molar-refractivity contribution >= 4 is 43.7 Å². The first-order chi connectivity index (χ1) is 17.5. The number of fused-ring (bicyclic) bond motifs is 1. The van der Waals surface area contributed by atoms with Gasteiger partial charge < -0.3 is 15.0 Å². The lowest BCUT2D eigenvalue weighted by molar-refractivity contribution is -0.384. The van der Waals surface area contributed by atoms with Crippen molar-refractivity contribution in [1.82, 2.24) is 9.88 Å². The average molecular weight is 522 g/mol. The molecule has 0 spiro atoms. The number of para-hydroxylation sites is 1. The van der Waals surface area contributed by atoms with Crippen LogP contribution in [0.1, 0.15) is 11.1 Å². The van der Waals surface area contributed by atoms with Gasteiger partial charge in [0.25, 0.3) is 5.69 Å². The zero-order valence-electron chi connectivity index (χ0n) is 20.6. The van der Waals surface area contributed by atoms with E-state index in [4.69, 9.17) is 4.99 Å². The van der Waals surface area contributed by atoms with Crippen molar-refractivity contribution in [1.29, 1.82) is 0 Å². The van der Waals surface area contributed by atoms with Gasteiger partial charge >= 0.3 is 0 Å². The molecule has 0 aliphatic heterocycles. The van der Waals surface area contributed by atoms with E-state index in [1.165, 1.54) is 22.7 Å². The topological polar surface area (TPSA) is 132 Å². The summed E-state index contributed by atoms with van der Waals surface area (Å²) in [5, 5.41) is 22.7. The highest BCUT2D eigenvalue weighted by Crippen LogP contribution is 2.32. The number of hydrogen-bond donors (Lipinski definition) is 2. The summed E-state index contributed by atoms with van der Waals surface area (Å²) in [6.45, 7) is 0.850. The van der Waals surface area contributed by atoms with Gasteiger partial charge in [-0.25, -0.2) is 13.4 Å². The number of sulfonamides is 1. The summed E-state index contributed by atoms with van der Waals surface area (Å²) in [6, 6.07) is 20.0. The summed E-state index contributed by atoms with van der Waals surface area (Å²) < 4.78 is 26.1.